The van der Waals surface area contributed by atoms with Gasteiger partial charge in [0, 0.05) is 45.1 Å². The van der Waals surface area contributed by atoms with E-state index in [0.717, 1.165) is 52.0 Å². The highest BCUT2D eigenvalue weighted by Gasteiger charge is 2.40. The lowest BCUT2D eigenvalue weighted by atomic mass is 9.83. The van der Waals surface area contributed by atoms with Crippen LogP contribution in [0, 0.1) is 11.8 Å². The summed E-state index contributed by atoms with van der Waals surface area (Å²) in [5.74, 6) is 6.13. The molecule has 1 atom stereocenters. The molecule has 0 aliphatic carbocycles. The zero-order valence-corrected chi connectivity index (χ0v) is 12.1. The van der Waals surface area contributed by atoms with Crippen molar-refractivity contribution in [1.82, 2.24) is 5.32 Å². The minimum atomic E-state index is -0.0571. The Bertz CT molecular complexity index is 268. The summed E-state index contributed by atoms with van der Waals surface area (Å²) < 4.78 is 11.6. The fourth-order valence-corrected chi connectivity index (χ4v) is 2.74. The van der Waals surface area contributed by atoms with Crippen molar-refractivity contribution in [3.63, 3.8) is 0 Å². The monoisotopic (exact) mass is 253 g/mol. The SMILES string of the molecule is CC#CCCC(NCC)C1(OCC)CCOCC1. The lowest BCUT2D eigenvalue weighted by Gasteiger charge is -2.43. The number of nitrogens with one attached hydrogen (secondary N) is 1. The minimum Gasteiger partial charge on any atom is -0.381 e. The van der Waals surface area contributed by atoms with E-state index < -0.39 is 0 Å². The molecule has 1 saturated heterocycles. The molecule has 1 aliphatic rings. The molecule has 0 aromatic heterocycles. The molecule has 0 aromatic carbocycles. The average Bonchev–Trinajstić information content (AvgIpc) is 2.39. The van der Waals surface area contributed by atoms with Gasteiger partial charge in [0.15, 0.2) is 0 Å². The van der Waals surface area contributed by atoms with Crippen LogP contribution in [0.5, 0.6) is 0 Å². The average molecular weight is 253 g/mol. The zero-order chi connectivity index (χ0) is 13.3. The quantitative estimate of drug-likeness (QED) is 0.707. The highest BCUT2D eigenvalue weighted by molar-refractivity contribution is 5.00. The van der Waals surface area contributed by atoms with Crippen LogP contribution in [0.3, 0.4) is 0 Å². The van der Waals surface area contributed by atoms with Crippen molar-refractivity contribution in [2.75, 3.05) is 26.4 Å². The van der Waals surface area contributed by atoms with Crippen LogP contribution in [0.15, 0.2) is 0 Å². The Hall–Kier alpha value is -0.560. The fourth-order valence-electron chi connectivity index (χ4n) is 2.74. The largest absolute Gasteiger partial charge is 0.381 e. The Balaban J connectivity index is 2.70. The molecule has 1 heterocycles. The Kier molecular flexibility index (Phi) is 7.34. The van der Waals surface area contributed by atoms with Gasteiger partial charge in [-0.25, -0.2) is 0 Å². The van der Waals surface area contributed by atoms with Crippen molar-refractivity contribution < 1.29 is 9.47 Å². The predicted octanol–water partition coefficient (Wildman–Crippen LogP) is 2.35. The molecular weight excluding hydrogens is 226 g/mol. The number of hydrogen-bond acceptors (Lipinski definition) is 3. The van der Waals surface area contributed by atoms with Gasteiger partial charge in [-0.15, -0.1) is 11.8 Å². The Labute approximate surface area is 112 Å². The molecule has 1 fully saturated rings. The molecular formula is C15H27NO2. The van der Waals surface area contributed by atoms with Crippen LogP contribution in [0.25, 0.3) is 0 Å². The lowest BCUT2D eigenvalue weighted by molar-refractivity contribution is -0.127. The summed E-state index contributed by atoms with van der Waals surface area (Å²) in [7, 11) is 0. The van der Waals surface area contributed by atoms with E-state index in [4.69, 9.17) is 9.47 Å². The Morgan fingerprint density at radius 3 is 2.61 bits per heavy atom. The summed E-state index contributed by atoms with van der Waals surface area (Å²) >= 11 is 0. The molecule has 0 spiro atoms. The maximum atomic E-state index is 6.13. The molecule has 1 unspecified atom stereocenters. The van der Waals surface area contributed by atoms with Crippen molar-refractivity contribution in [2.24, 2.45) is 0 Å². The number of hydrogen-bond donors (Lipinski definition) is 1. The third-order valence-electron chi connectivity index (χ3n) is 3.59. The number of rotatable bonds is 7. The summed E-state index contributed by atoms with van der Waals surface area (Å²) in [4.78, 5) is 0. The van der Waals surface area contributed by atoms with Crippen molar-refractivity contribution in [3.8, 4) is 11.8 Å². The maximum Gasteiger partial charge on any atom is 0.0878 e. The van der Waals surface area contributed by atoms with E-state index in [1.165, 1.54) is 0 Å². The first-order valence-corrected chi connectivity index (χ1v) is 7.13. The van der Waals surface area contributed by atoms with Crippen molar-refractivity contribution in [1.29, 1.82) is 0 Å². The molecule has 0 bridgehead atoms. The summed E-state index contributed by atoms with van der Waals surface area (Å²) in [6.45, 7) is 9.47. The molecule has 0 radical (unpaired) electrons. The van der Waals surface area contributed by atoms with Gasteiger partial charge in [0.25, 0.3) is 0 Å². The lowest BCUT2D eigenvalue weighted by Crippen LogP contribution is -2.55. The van der Waals surface area contributed by atoms with Crippen molar-refractivity contribution in [3.05, 3.63) is 0 Å². The van der Waals surface area contributed by atoms with Crippen LogP contribution in [0.4, 0.5) is 0 Å². The van der Waals surface area contributed by atoms with Gasteiger partial charge in [-0.2, -0.15) is 0 Å². The molecule has 104 valence electrons. The summed E-state index contributed by atoms with van der Waals surface area (Å²) in [5, 5.41) is 3.59. The van der Waals surface area contributed by atoms with Gasteiger partial charge in [-0.05, 0) is 26.8 Å². The molecule has 3 heteroatoms. The first-order valence-electron chi connectivity index (χ1n) is 7.13. The van der Waals surface area contributed by atoms with Gasteiger partial charge in [0.1, 0.15) is 0 Å². The molecule has 1 N–H and O–H groups in total. The third-order valence-corrected chi connectivity index (χ3v) is 3.59. The zero-order valence-electron chi connectivity index (χ0n) is 12.1. The second-order valence-corrected chi connectivity index (χ2v) is 4.69. The van der Waals surface area contributed by atoms with Gasteiger partial charge in [-0.1, -0.05) is 6.92 Å². The molecule has 0 saturated carbocycles. The summed E-state index contributed by atoms with van der Waals surface area (Å²) in [5.41, 5.74) is -0.0571. The van der Waals surface area contributed by atoms with Crippen LogP contribution in [0.2, 0.25) is 0 Å². The molecule has 0 amide bonds. The Morgan fingerprint density at radius 2 is 2.06 bits per heavy atom. The van der Waals surface area contributed by atoms with Gasteiger partial charge in [0.05, 0.1) is 5.60 Å². The maximum absolute atomic E-state index is 6.13. The Morgan fingerprint density at radius 1 is 1.33 bits per heavy atom. The molecule has 3 nitrogen and oxygen atoms in total. The van der Waals surface area contributed by atoms with Crippen molar-refractivity contribution >= 4 is 0 Å². The molecule has 0 aromatic rings. The fraction of sp³-hybridized carbons (Fsp3) is 0.867. The molecule has 1 rings (SSSR count). The molecule has 18 heavy (non-hydrogen) atoms. The van der Waals surface area contributed by atoms with E-state index in [0.29, 0.717) is 6.04 Å². The van der Waals surface area contributed by atoms with E-state index in [1.54, 1.807) is 0 Å². The van der Waals surface area contributed by atoms with Gasteiger partial charge in [-0.3, -0.25) is 0 Å². The van der Waals surface area contributed by atoms with E-state index in [9.17, 15) is 0 Å². The first kappa shape index (κ1) is 15.5. The predicted molar refractivity (Wildman–Crippen MR) is 74.6 cm³/mol. The van der Waals surface area contributed by atoms with E-state index in [2.05, 4.69) is 31.0 Å². The van der Waals surface area contributed by atoms with Crippen LogP contribution < -0.4 is 5.32 Å². The van der Waals surface area contributed by atoms with Crippen LogP contribution in [-0.2, 0) is 9.47 Å². The number of likely N-dealkylation sites (N-methyl/N-ethyl adjacent to an activating group) is 1. The smallest absolute Gasteiger partial charge is 0.0878 e. The minimum absolute atomic E-state index is 0.0571. The highest BCUT2D eigenvalue weighted by Crippen LogP contribution is 2.31. The highest BCUT2D eigenvalue weighted by atomic mass is 16.5. The van der Waals surface area contributed by atoms with Gasteiger partial charge >= 0.3 is 0 Å². The molecule has 1 aliphatic heterocycles. The summed E-state index contributed by atoms with van der Waals surface area (Å²) in [6, 6.07) is 0.382. The normalized spacial score (nSPS) is 19.9. The van der Waals surface area contributed by atoms with Gasteiger partial charge in [0.2, 0.25) is 0 Å². The first-order chi connectivity index (χ1) is 8.79. The van der Waals surface area contributed by atoms with Crippen LogP contribution in [-0.4, -0.2) is 38.0 Å². The number of ether oxygens (including phenoxy) is 2. The topological polar surface area (TPSA) is 30.5 Å². The second kappa shape index (κ2) is 8.53. The van der Waals surface area contributed by atoms with Crippen LogP contribution >= 0.6 is 0 Å². The second-order valence-electron chi connectivity index (χ2n) is 4.69. The van der Waals surface area contributed by atoms with E-state index >= 15 is 0 Å². The standard InChI is InChI=1S/C15H27NO2/c1-4-7-8-9-14(16-5-2)15(18-6-3)10-12-17-13-11-15/h14,16H,5-6,8-13H2,1-3H3. The third kappa shape index (κ3) is 4.28. The summed E-state index contributed by atoms with van der Waals surface area (Å²) in [6.07, 6.45) is 3.95. The van der Waals surface area contributed by atoms with E-state index in [1.807, 2.05) is 6.92 Å². The van der Waals surface area contributed by atoms with Crippen molar-refractivity contribution in [2.45, 2.75) is 58.1 Å². The van der Waals surface area contributed by atoms with Gasteiger partial charge < -0.3 is 14.8 Å². The van der Waals surface area contributed by atoms with E-state index in [-0.39, 0.29) is 5.60 Å². The van der Waals surface area contributed by atoms with Crippen LogP contribution in [0.1, 0.15) is 46.5 Å².